The lowest BCUT2D eigenvalue weighted by atomic mass is 10.0. The molecule has 0 fully saturated rings. The molecular weight excluding hydrogens is 325 g/mol. The van der Waals surface area contributed by atoms with E-state index in [4.69, 9.17) is 5.10 Å². The molecule has 26 heavy (non-hydrogen) atoms. The molecule has 0 spiro atoms. The highest BCUT2D eigenvalue weighted by Crippen LogP contribution is 2.24. The molecule has 2 rings (SSSR count). The molecule has 0 amide bonds. The molecule has 0 bridgehead atoms. The number of nitrogens with zero attached hydrogens (tertiary/aromatic N) is 2. The maximum absolute atomic E-state index is 13.4. The molecule has 0 saturated heterocycles. The third-order valence-electron chi connectivity index (χ3n) is 4.05. The van der Waals surface area contributed by atoms with Gasteiger partial charge in [-0.15, -0.1) is 0 Å². The standard InChI is InChI=1S/C20H26FN3.C2H6/c1-5-18(13-15(2)21)20-16(3)19(11-12-22-4)24(23-20)14-17-9-7-6-8-10-17;1-2/h5-10,13,22H,11-12,14H2,1-4H3;1-2H3/b15-13+,18-5+;. The van der Waals surface area contributed by atoms with Gasteiger partial charge in [0.05, 0.1) is 18.1 Å². The van der Waals surface area contributed by atoms with E-state index in [1.54, 1.807) is 6.08 Å². The van der Waals surface area contributed by atoms with Crippen molar-refractivity contribution >= 4 is 5.57 Å². The van der Waals surface area contributed by atoms with Crippen LogP contribution in [0.1, 0.15) is 50.2 Å². The first-order chi connectivity index (χ1) is 12.6. The highest BCUT2D eigenvalue weighted by molar-refractivity contribution is 5.74. The number of nitrogens with one attached hydrogen (secondary N) is 1. The van der Waals surface area contributed by atoms with Crippen molar-refractivity contribution in [1.29, 1.82) is 0 Å². The zero-order valence-electron chi connectivity index (χ0n) is 16.9. The lowest BCUT2D eigenvalue weighted by molar-refractivity contribution is 0.627. The second-order valence-electron chi connectivity index (χ2n) is 5.89. The molecule has 0 aliphatic rings. The van der Waals surface area contributed by atoms with Crippen molar-refractivity contribution in [3.8, 4) is 0 Å². The zero-order chi connectivity index (χ0) is 19.5. The second-order valence-corrected chi connectivity index (χ2v) is 5.89. The molecule has 3 nitrogen and oxygen atoms in total. The molecule has 0 aliphatic heterocycles. The number of hydrogen-bond acceptors (Lipinski definition) is 2. The van der Waals surface area contributed by atoms with Crippen LogP contribution in [0.5, 0.6) is 0 Å². The van der Waals surface area contributed by atoms with E-state index >= 15 is 0 Å². The first-order valence-electron chi connectivity index (χ1n) is 9.32. The predicted octanol–water partition coefficient (Wildman–Crippen LogP) is 5.30. The summed E-state index contributed by atoms with van der Waals surface area (Å²) in [4.78, 5) is 0. The van der Waals surface area contributed by atoms with Crippen LogP contribution in [-0.4, -0.2) is 23.4 Å². The largest absolute Gasteiger partial charge is 0.319 e. The van der Waals surface area contributed by atoms with Crippen LogP contribution in [0.2, 0.25) is 0 Å². The minimum absolute atomic E-state index is 0.211. The number of likely N-dealkylation sites (N-methyl/N-ethyl adjacent to an activating group) is 1. The van der Waals surface area contributed by atoms with Crippen molar-refractivity contribution in [1.82, 2.24) is 15.1 Å². The summed E-state index contributed by atoms with van der Waals surface area (Å²) in [5.74, 6) is -0.211. The van der Waals surface area contributed by atoms with Gasteiger partial charge in [0.15, 0.2) is 0 Å². The van der Waals surface area contributed by atoms with Crippen LogP contribution in [0, 0.1) is 6.92 Å². The number of benzene rings is 1. The summed E-state index contributed by atoms with van der Waals surface area (Å²) in [5.41, 5.74) is 5.19. The first-order valence-corrected chi connectivity index (χ1v) is 9.32. The predicted molar refractivity (Wildman–Crippen MR) is 110 cm³/mol. The van der Waals surface area contributed by atoms with Crippen molar-refractivity contribution in [2.24, 2.45) is 0 Å². The summed E-state index contributed by atoms with van der Waals surface area (Å²) in [7, 11) is 1.95. The van der Waals surface area contributed by atoms with E-state index in [9.17, 15) is 4.39 Å². The monoisotopic (exact) mass is 357 g/mol. The molecular formula is C22H32FN3. The van der Waals surface area contributed by atoms with Gasteiger partial charge >= 0.3 is 0 Å². The highest BCUT2D eigenvalue weighted by Gasteiger charge is 2.16. The summed E-state index contributed by atoms with van der Waals surface area (Å²) in [5, 5.41) is 7.98. The molecule has 1 aromatic heterocycles. The second kappa shape index (κ2) is 11.4. The molecule has 0 aliphatic carbocycles. The average Bonchev–Trinajstić information content (AvgIpc) is 2.95. The van der Waals surface area contributed by atoms with E-state index in [1.807, 2.05) is 56.8 Å². The van der Waals surface area contributed by atoms with Gasteiger partial charge in [0.25, 0.3) is 0 Å². The van der Waals surface area contributed by atoms with Gasteiger partial charge in [-0.2, -0.15) is 5.10 Å². The van der Waals surface area contributed by atoms with Gasteiger partial charge in [-0.25, -0.2) is 4.39 Å². The van der Waals surface area contributed by atoms with Gasteiger partial charge in [-0.3, -0.25) is 4.68 Å². The third-order valence-corrected chi connectivity index (χ3v) is 4.05. The number of allylic oxidation sites excluding steroid dienone is 4. The summed E-state index contributed by atoms with van der Waals surface area (Å²) in [6.45, 7) is 11.0. The van der Waals surface area contributed by atoms with Crippen LogP contribution >= 0.6 is 0 Å². The Morgan fingerprint density at radius 3 is 2.42 bits per heavy atom. The smallest absolute Gasteiger partial charge is 0.0975 e. The normalized spacial score (nSPS) is 12.0. The lowest BCUT2D eigenvalue weighted by Crippen LogP contribution is -2.15. The van der Waals surface area contributed by atoms with Crippen LogP contribution in [0.3, 0.4) is 0 Å². The summed E-state index contributed by atoms with van der Waals surface area (Å²) < 4.78 is 15.4. The maximum atomic E-state index is 13.4. The average molecular weight is 358 g/mol. The third kappa shape index (κ3) is 5.95. The van der Waals surface area contributed by atoms with Crippen molar-refractivity contribution in [3.05, 3.63) is 70.8 Å². The van der Waals surface area contributed by atoms with Gasteiger partial charge in [-0.05, 0) is 45.0 Å². The number of rotatable bonds is 7. The van der Waals surface area contributed by atoms with Gasteiger partial charge in [0.2, 0.25) is 0 Å². The fraction of sp³-hybridized carbons (Fsp3) is 0.409. The topological polar surface area (TPSA) is 29.9 Å². The van der Waals surface area contributed by atoms with E-state index in [0.717, 1.165) is 36.3 Å². The van der Waals surface area contributed by atoms with E-state index in [-0.39, 0.29) is 5.83 Å². The Balaban J connectivity index is 0.00000163. The summed E-state index contributed by atoms with van der Waals surface area (Å²) in [6, 6.07) is 10.3. The van der Waals surface area contributed by atoms with Crippen LogP contribution in [-0.2, 0) is 13.0 Å². The fourth-order valence-electron chi connectivity index (χ4n) is 2.81. The first kappa shape index (κ1) is 21.8. The van der Waals surface area contributed by atoms with Gasteiger partial charge in [0, 0.05) is 24.2 Å². The van der Waals surface area contributed by atoms with Crippen LogP contribution in [0.4, 0.5) is 4.39 Å². The van der Waals surface area contributed by atoms with Crippen molar-refractivity contribution < 1.29 is 4.39 Å². The Bertz CT molecular complexity index is 723. The molecule has 0 atom stereocenters. The van der Waals surface area contributed by atoms with Gasteiger partial charge in [-0.1, -0.05) is 50.3 Å². The number of halogens is 1. The van der Waals surface area contributed by atoms with Crippen molar-refractivity contribution in [2.45, 2.75) is 47.6 Å². The van der Waals surface area contributed by atoms with E-state index in [1.165, 1.54) is 18.2 Å². The Morgan fingerprint density at radius 1 is 1.23 bits per heavy atom. The molecule has 1 aromatic carbocycles. The quantitative estimate of drug-likeness (QED) is 0.681. The maximum Gasteiger partial charge on any atom is 0.0975 e. The van der Waals surface area contributed by atoms with Gasteiger partial charge < -0.3 is 5.32 Å². The Morgan fingerprint density at radius 2 is 1.88 bits per heavy atom. The van der Waals surface area contributed by atoms with E-state index in [2.05, 4.69) is 24.4 Å². The number of hydrogen-bond donors (Lipinski definition) is 1. The van der Waals surface area contributed by atoms with Crippen LogP contribution < -0.4 is 5.32 Å². The van der Waals surface area contributed by atoms with E-state index < -0.39 is 0 Å². The van der Waals surface area contributed by atoms with Crippen molar-refractivity contribution in [3.63, 3.8) is 0 Å². The lowest BCUT2D eigenvalue weighted by Gasteiger charge is -2.08. The molecule has 0 saturated carbocycles. The summed E-state index contributed by atoms with van der Waals surface area (Å²) >= 11 is 0. The molecule has 142 valence electrons. The minimum atomic E-state index is -0.211. The molecule has 1 N–H and O–H groups in total. The molecule has 4 heteroatoms. The molecule has 0 radical (unpaired) electrons. The molecule has 0 unspecified atom stereocenters. The van der Waals surface area contributed by atoms with Crippen LogP contribution in [0.15, 0.2) is 48.3 Å². The zero-order valence-corrected chi connectivity index (χ0v) is 16.9. The minimum Gasteiger partial charge on any atom is -0.319 e. The molecule has 1 heterocycles. The van der Waals surface area contributed by atoms with Crippen LogP contribution in [0.25, 0.3) is 5.57 Å². The Hall–Kier alpha value is -2.20. The van der Waals surface area contributed by atoms with E-state index in [0.29, 0.717) is 0 Å². The fourth-order valence-corrected chi connectivity index (χ4v) is 2.81. The Labute approximate surface area is 157 Å². The molecule has 2 aromatic rings. The van der Waals surface area contributed by atoms with Crippen molar-refractivity contribution in [2.75, 3.05) is 13.6 Å². The SMILES string of the molecule is C/C=C(\C=C(/C)F)c1nn(Cc2ccccc2)c(CCNC)c1C.CC. The summed E-state index contributed by atoms with van der Waals surface area (Å²) in [6.07, 6.45) is 4.34. The highest BCUT2D eigenvalue weighted by atomic mass is 19.1. The Kier molecular flexibility index (Phi) is 9.60. The number of aromatic nitrogens is 2. The van der Waals surface area contributed by atoms with Gasteiger partial charge in [0.1, 0.15) is 0 Å².